The maximum absolute atomic E-state index is 12.5. The Labute approximate surface area is 231 Å². The number of aromatic nitrogens is 2. The number of para-hydroxylation sites is 2. The molecule has 39 heavy (non-hydrogen) atoms. The van der Waals surface area contributed by atoms with Gasteiger partial charge in [0, 0.05) is 19.5 Å². The molecule has 4 nitrogen and oxygen atoms in total. The summed E-state index contributed by atoms with van der Waals surface area (Å²) >= 11 is 0. The van der Waals surface area contributed by atoms with Gasteiger partial charge in [-0.15, -0.1) is 0 Å². The Morgan fingerprint density at radius 1 is 0.795 bits per heavy atom. The summed E-state index contributed by atoms with van der Waals surface area (Å²) in [5.41, 5.74) is 9.59. The van der Waals surface area contributed by atoms with Crippen LogP contribution in [0.5, 0.6) is 0 Å². The van der Waals surface area contributed by atoms with Gasteiger partial charge in [0.1, 0.15) is 5.82 Å². The molecule has 1 heterocycles. The van der Waals surface area contributed by atoms with Crippen molar-refractivity contribution in [3.05, 3.63) is 125 Å². The van der Waals surface area contributed by atoms with Crippen LogP contribution in [0.2, 0.25) is 0 Å². The van der Waals surface area contributed by atoms with Crippen molar-refractivity contribution in [1.29, 1.82) is 0 Å². The number of nitrogens with zero attached hydrogens (tertiary/aromatic N) is 2. The van der Waals surface area contributed by atoms with E-state index in [-0.39, 0.29) is 5.91 Å². The lowest BCUT2D eigenvalue weighted by Crippen LogP contribution is -2.26. The van der Waals surface area contributed by atoms with Gasteiger partial charge in [0.25, 0.3) is 0 Å². The largest absolute Gasteiger partial charge is 0.356 e. The fraction of sp³-hybridized carbons (Fsp3) is 0.257. The molecule has 0 fully saturated rings. The van der Waals surface area contributed by atoms with Crippen LogP contribution in [0.4, 0.5) is 0 Å². The first-order valence-electron chi connectivity index (χ1n) is 14.0. The number of carbonyl (C=O) groups excluding carboxylic acids is 1. The highest BCUT2D eigenvalue weighted by Gasteiger charge is 2.12. The van der Waals surface area contributed by atoms with Crippen LogP contribution in [-0.2, 0) is 24.2 Å². The standard InChI is InChI=1S/C35H37N3O/c1-26-16-17-27(2)31(23-26)25-38-33-14-9-8-13-32(33)37-34(38)15-7-4-10-22-36-35(39)24-28-18-20-30(21-19-28)29-11-5-3-6-12-29/h3,5-6,8-9,11-14,16-21,23H,4,7,10,15,22,24-25H2,1-2H3,(H,36,39). The van der Waals surface area contributed by atoms with Gasteiger partial charge in [-0.1, -0.05) is 96.9 Å². The zero-order valence-electron chi connectivity index (χ0n) is 23.0. The van der Waals surface area contributed by atoms with Gasteiger partial charge in [0.15, 0.2) is 0 Å². The second-order valence-corrected chi connectivity index (χ2v) is 10.4. The average Bonchev–Trinajstić information content (AvgIpc) is 3.30. The molecule has 0 unspecified atom stereocenters. The Morgan fingerprint density at radius 3 is 2.36 bits per heavy atom. The Balaban J connectivity index is 1.09. The smallest absolute Gasteiger partial charge is 0.224 e. The van der Waals surface area contributed by atoms with E-state index in [1.54, 1.807) is 0 Å². The van der Waals surface area contributed by atoms with Crippen LogP contribution in [0, 0.1) is 13.8 Å². The van der Waals surface area contributed by atoms with Crippen molar-refractivity contribution >= 4 is 16.9 Å². The summed E-state index contributed by atoms with van der Waals surface area (Å²) in [6.07, 6.45) is 4.42. The second kappa shape index (κ2) is 12.6. The average molecular weight is 516 g/mol. The molecule has 0 saturated heterocycles. The molecule has 0 saturated carbocycles. The molecule has 4 aromatic carbocycles. The quantitative estimate of drug-likeness (QED) is 0.186. The molecule has 0 radical (unpaired) electrons. The predicted molar refractivity (Wildman–Crippen MR) is 161 cm³/mol. The molecule has 0 aliphatic rings. The molecule has 0 aliphatic heterocycles. The highest BCUT2D eigenvalue weighted by atomic mass is 16.1. The van der Waals surface area contributed by atoms with Crippen molar-refractivity contribution in [2.45, 2.75) is 52.5 Å². The summed E-state index contributed by atoms with van der Waals surface area (Å²) in [6, 6.07) is 33.7. The van der Waals surface area contributed by atoms with Crippen LogP contribution in [0.25, 0.3) is 22.2 Å². The molecule has 0 bridgehead atoms. The van der Waals surface area contributed by atoms with Gasteiger partial charge in [-0.3, -0.25) is 4.79 Å². The molecule has 0 aliphatic carbocycles. The van der Waals surface area contributed by atoms with E-state index in [9.17, 15) is 4.79 Å². The summed E-state index contributed by atoms with van der Waals surface area (Å²) in [4.78, 5) is 17.4. The molecule has 5 rings (SSSR count). The third-order valence-electron chi connectivity index (χ3n) is 7.39. The van der Waals surface area contributed by atoms with Gasteiger partial charge in [-0.2, -0.15) is 0 Å². The fourth-order valence-electron chi connectivity index (χ4n) is 5.14. The van der Waals surface area contributed by atoms with Crippen LogP contribution in [0.3, 0.4) is 0 Å². The summed E-state index contributed by atoms with van der Waals surface area (Å²) in [6.45, 7) is 5.88. The van der Waals surface area contributed by atoms with Crippen molar-refractivity contribution in [3.63, 3.8) is 0 Å². The highest BCUT2D eigenvalue weighted by molar-refractivity contribution is 5.79. The van der Waals surface area contributed by atoms with Crippen LogP contribution < -0.4 is 5.32 Å². The number of unbranched alkanes of at least 4 members (excludes halogenated alkanes) is 2. The molecule has 0 spiro atoms. The highest BCUT2D eigenvalue weighted by Crippen LogP contribution is 2.22. The molecule has 198 valence electrons. The summed E-state index contributed by atoms with van der Waals surface area (Å²) < 4.78 is 2.38. The zero-order valence-corrected chi connectivity index (χ0v) is 23.0. The monoisotopic (exact) mass is 515 g/mol. The second-order valence-electron chi connectivity index (χ2n) is 10.4. The van der Waals surface area contributed by atoms with Crippen molar-refractivity contribution in [3.8, 4) is 11.1 Å². The van der Waals surface area contributed by atoms with Crippen molar-refractivity contribution < 1.29 is 4.79 Å². The van der Waals surface area contributed by atoms with Crippen LogP contribution in [-0.4, -0.2) is 22.0 Å². The van der Waals surface area contributed by atoms with E-state index < -0.39 is 0 Å². The van der Waals surface area contributed by atoms with Crippen molar-refractivity contribution in [1.82, 2.24) is 14.9 Å². The minimum absolute atomic E-state index is 0.0813. The molecule has 1 N–H and O–H groups in total. The van der Waals surface area contributed by atoms with E-state index in [0.29, 0.717) is 13.0 Å². The Bertz CT molecular complexity index is 1530. The van der Waals surface area contributed by atoms with Crippen LogP contribution >= 0.6 is 0 Å². The van der Waals surface area contributed by atoms with Gasteiger partial charge in [0.05, 0.1) is 17.5 Å². The lowest BCUT2D eigenvalue weighted by molar-refractivity contribution is -0.120. The minimum Gasteiger partial charge on any atom is -0.356 e. The maximum atomic E-state index is 12.5. The van der Waals surface area contributed by atoms with Gasteiger partial charge >= 0.3 is 0 Å². The summed E-state index contributed by atoms with van der Waals surface area (Å²) in [5.74, 6) is 1.22. The zero-order chi connectivity index (χ0) is 27.0. The maximum Gasteiger partial charge on any atom is 0.224 e. The normalized spacial score (nSPS) is 11.1. The SMILES string of the molecule is Cc1ccc(C)c(Cn2c(CCCCCNC(=O)Cc3ccc(-c4ccccc4)cc3)nc3ccccc32)c1. The Morgan fingerprint density at radius 2 is 1.54 bits per heavy atom. The summed E-state index contributed by atoms with van der Waals surface area (Å²) in [5, 5.41) is 3.09. The predicted octanol–water partition coefficient (Wildman–Crippen LogP) is 7.44. The third kappa shape index (κ3) is 6.83. The number of aryl methyl sites for hydroxylation is 3. The number of nitrogens with one attached hydrogen (secondary N) is 1. The van der Waals surface area contributed by atoms with Crippen molar-refractivity contribution in [2.75, 3.05) is 6.54 Å². The minimum atomic E-state index is 0.0813. The molecule has 4 heteroatoms. The molecule has 1 amide bonds. The van der Waals surface area contributed by atoms with E-state index >= 15 is 0 Å². The topological polar surface area (TPSA) is 46.9 Å². The number of carbonyl (C=O) groups is 1. The summed E-state index contributed by atoms with van der Waals surface area (Å²) in [7, 11) is 0. The van der Waals surface area contributed by atoms with Gasteiger partial charge < -0.3 is 9.88 Å². The number of rotatable bonds is 11. The van der Waals surface area contributed by atoms with Gasteiger partial charge in [0.2, 0.25) is 5.91 Å². The molecular formula is C35H37N3O. The molecule has 5 aromatic rings. The van der Waals surface area contributed by atoms with Gasteiger partial charge in [-0.25, -0.2) is 4.98 Å². The number of imidazole rings is 1. The molecular weight excluding hydrogens is 478 g/mol. The number of amides is 1. The van der Waals surface area contributed by atoms with Crippen molar-refractivity contribution in [2.24, 2.45) is 0 Å². The van der Waals surface area contributed by atoms with Gasteiger partial charge in [-0.05, 0) is 66.6 Å². The first-order valence-corrected chi connectivity index (χ1v) is 14.0. The number of benzene rings is 4. The molecule has 1 aromatic heterocycles. The van der Waals surface area contributed by atoms with Crippen LogP contribution in [0.1, 0.15) is 47.3 Å². The van der Waals surface area contributed by atoms with E-state index in [1.165, 1.54) is 33.3 Å². The number of hydrogen-bond donors (Lipinski definition) is 1. The van der Waals surface area contributed by atoms with Crippen LogP contribution in [0.15, 0.2) is 97.1 Å². The number of fused-ring (bicyclic) bond motifs is 1. The number of hydrogen-bond acceptors (Lipinski definition) is 2. The third-order valence-corrected chi connectivity index (χ3v) is 7.39. The van der Waals surface area contributed by atoms with E-state index in [4.69, 9.17) is 4.98 Å². The first kappa shape index (κ1) is 26.4. The fourth-order valence-corrected chi connectivity index (χ4v) is 5.14. The Kier molecular flexibility index (Phi) is 8.52. The van der Waals surface area contributed by atoms with E-state index in [2.05, 4.69) is 90.5 Å². The van der Waals surface area contributed by atoms with E-state index in [0.717, 1.165) is 49.1 Å². The van der Waals surface area contributed by atoms with E-state index in [1.807, 2.05) is 30.3 Å². The lowest BCUT2D eigenvalue weighted by Gasteiger charge is -2.12. The lowest BCUT2D eigenvalue weighted by atomic mass is 10.0. The first-order chi connectivity index (χ1) is 19.1. The Hall–Kier alpha value is -4.18. The molecule has 0 atom stereocenters.